The van der Waals surface area contributed by atoms with Gasteiger partial charge < -0.3 is 10.2 Å². The van der Waals surface area contributed by atoms with Gasteiger partial charge in [-0.1, -0.05) is 17.7 Å². The van der Waals surface area contributed by atoms with Crippen molar-refractivity contribution in [3.63, 3.8) is 0 Å². The van der Waals surface area contributed by atoms with E-state index in [0.717, 1.165) is 25.2 Å². The van der Waals surface area contributed by atoms with Crippen molar-refractivity contribution in [2.75, 3.05) is 19.6 Å². The Kier molecular flexibility index (Phi) is 3.64. The van der Waals surface area contributed by atoms with Crippen LogP contribution in [0.5, 0.6) is 0 Å². The Morgan fingerprint density at radius 1 is 1.44 bits per heavy atom. The average Bonchev–Trinajstić information content (AvgIpc) is 2.31. The lowest BCUT2D eigenvalue weighted by Crippen LogP contribution is -2.59. The number of piperazine rings is 1. The normalized spacial score (nSPS) is 18.8. The molecule has 1 saturated heterocycles. The van der Waals surface area contributed by atoms with Gasteiger partial charge in [-0.25, -0.2) is 0 Å². The van der Waals surface area contributed by atoms with Crippen LogP contribution in [0, 0.1) is 6.92 Å². The Morgan fingerprint density at radius 3 is 2.83 bits per heavy atom. The van der Waals surface area contributed by atoms with E-state index in [1.807, 2.05) is 24.0 Å². The predicted octanol–water partition coefficient (Wildman–Crippen LogP) is 2.47. The summed E-state index contributed by atoms with van der Waals surface area (Å²) < 4.78 is 0. The van der Waals surface area contributed by atoms with Crippen molar-refractivity contribution >= 4 is 17.5 Å². The smallest absolute Gasteiger partial charge is 0.254 e. The van der Waals surface area contributed by atoms with Crippen molar-refractivity contribution < 1.29 is 4.79 Å². The molecule has 2 rings (SSSR count). The van der Waals surface area contributed by atoms with Crippen LogP contribution in [0.2, 0.25) is 5.02 Å². The number of rotatable bonds is 1. The summed E-state index contributed by atoms with van der Waals surface area (Å²) in [7, 11) is 0. The molecule has 1 heterocycles. The Labute approximate surface area is 113 Å². The molecule has 1 aromatic carbocycles. The summed E-state index contributed by atoms with van der Waals surface area (Å²) in [4.78, 5) is 14.6. The first kappa shape index (κ1) is 13.4. The number of hydrogen-bond donors (Lipinski definition) is 1. The lowest BCUT2D eigenvalue weighted by molar-refractivity contribution is 0.0477. The number of nitrogens with zero attached hydrogens (tertiary/aromatic N) is 1. The zero-order chi connectivity index (χ0) is 13.3. The van der Waals surface area contributed by atoms with Crippen LogP contribution in [0.1, 0.15) is 29.8 Å². The first-order valence-electron chi connectivity index (χ1n) is 6.21. The van der Waals surface area contributed by atoms with Crippen LogP contribution in [0.15, 0.2) is 18.2 Å². The predicted molar refractivity (Wildman–Crippen MR) is 74.2 cm³/mol. The molecule has 0 saturated carbocycles. The number of carbonyl (C=O) groups excluding carboxylic acids is 1. The quantitative estimate of drug-likeness (QED) is 0.847. The van der Waals surface area contributed by atoms with Gasteiger partial charge >= 0.3 is 0 Å². The number of aryl methyl sites for hydroxylation is 1. The van der Waals surface area contributed by atoms with E-state index >= 15 is 0 Å². The van der Waals surface area contributed by atoms with Crippen molar-refractivity contribution in [2.45, 2.75) is 26.3 Å². The van der Waals surface area contributed by atoms with E-state index < -0.39 is 0 Å². The van der Waals surface area contributed by atoms with Gasteiger partial charge in [0.25, 0.3) is 5.91 Å². The lowest BCUT2D eigenvalue weighted by atomic mass is 9.97. The summed E-state index contributed by atoms with van der Waals surface area (Å²) in [6, 6.07) is 5.47. The summed E-state index contributed by atoms with van der Waals surface area (Å²) in [6.07, 6.45) is 0. The number of benzene rings is 1. The standard InChI is InChI=1S/C14H19ClN2O/c1-10-4-5-11(15)8-12(10)13(18)17-7-6-16-9-14(17,2)3/h4-5,8,16H,6-7,9H2,1-3H3. The first-order chi connectivity index (χ1) is 8.42. The molecule has 1 N–H and O–H groups in total. The number of amides is 1. The molecule has 4 heteroatoms. The van der Waals surface area contributed by atoms with Crippen molar-refractivity contribution in [2.24, 2.45) is 0 Å². The highest BCUT2D eigenvalue weighted by Crippen LogP contribution is 2.23. The van der Waals surface area contributed by atoms with Gasteiger partial charge in [-0.3, -0.25) is 4.79 Å². The summed E-state index contributed by atoms with van der Waals surface area (Å²) >= 11 is 5.99. The molecule has 0 spiro atoms. The second-order valence-electron chi connectivity index (χ2n) is 5.41. The minimum absolute atomic E-state index is 0.0708. The molecule has 1 aromatic rings. The molecule has 0 aliphatic carbocycles. The molecule has 0 aromatic heterocycles. The number of nitrogens with one attached hydrogen (secondary N) is 1. The molecule has 0 radical (unpaired) electrons. The second-order valence-corrected chi connectivity index (χ2v) is 5.84. The summed E-state index contributed by atoms with van der Waals surface area (Å²) in [5.74, 6) is 0.0708. The fourth-order valence-corrected chi connectivity index (χ4v) is 2.50. The molecule has 1 aliphatic heterocycles. The molecule has 98 valence electrons. The topological polar surface area (TPSA) is 32.3 Å². The maximum atomic E-state index is 12.6. The summed E-state index contributed by atoms with van der Waals surface area (Å²) in [5, 5.41) is 3.93. The van der Waals surface area contributed by atoms with Crippen LogP contribution in [-0.4, -0.2) is 36.0 Å². The van der Waals surface area contributed by atoms with Gasteiger partial charge in [-0.15, -0.1) is 0 Å². The minimum Gasteiger partial charge on any atom is -0.331 e. The second kappa shape index (κ2) is 4.90. The molecule has 18 heavy (non-hydrogen) atoms. The fourth-order valence-electron chi connectivity index (χ4n) is 2.33. The summed E-state index contributed by atoms with van der Waals surface area (Å²) in [6.45, 7) is 8.50. The Balaban J connectivity index is 2.33. The van der Waals surface area contributed by atoms with Crippen LogP contribution in [0.25, 0.3) is 0 Å². The van der Waals surface area contributed by atoms with Crippen molar-refractivity contribution in [1.29, 1.82) is 0 Å². The maximum absolute atomic E-state index is 12.6. The number of hydrogen-bond acceptors (Lipinski definition) is 2. The minimum atomic E-state index is -0.163. The van der Waals surface area contributed by atoms with Crippen molar-refractivity contribution in [1.82, 2.24) is 10.2 Å². The lowest BCUT2D eigenvalue weighted by Gasteiger charge is -2.43. The Bertz CT molecular complexity index is 471. The van der Waals surface area contributed by atoms with E-state index in [-0.39, 0.29) is 11.4 Å². The Morgan fingerprint density at radius 2 is 2.17 bits per heavy atom. The van der Waals surface area contributed by atoms with Crippen LogP contribution in [-0.2, 0) is 0 Å². The van der Waals surface area contributed by atoms with E-state index in [4.69, 9.17) is 11.6 Å². The average molecular weight is 267 g/mol. The molecule has 0 bridgehead atoms. The molecule has 1 aliphatic rings. The molecule has 3 nitrogen and oxygen atoms in total. The highest BCUT2D eigenvalue weighted by atomic mass is 35.5. The molecule has 0 unspecified atom stereocenters. The zero-order valence-corrected chi connectivity index (χ0v) is 11.8. The van der Waals surface area contributed by atoms with Gasteiger partial charge in [-0.05, 0) is 38.5 Å². The van der Waals surface area contributed by atoms with E-state index in [9.17, 15) is 4.79 Å². The number of carbonyl (C=O) groups is 1. The monoisotopic (exact) mass is 266 g/mol. The third-order valence-electron chi connectivity index (χ3n) is 3.48. The van der Waals surface area contributed by atoms with Crippen LogP contribution >= 0.6 is 11.6 Å². The van der Waals surface area contributed by atoms with Crippen LogP contribution < -0.4 is 5.32 Å². The molecule has 1 fully saturated rings. The molecular weight excluding hydrogens is 248 g/mol. The first-order valence-corrected chi connectivity index (χ1v) is 6.58. The third kappa shape index (κ3) is 2.52. The number of halogens is 1. The van der Waals surface area contributed by atoms with Crippen LogP contribution in [0.3, 0.4) is 0 Å². The maximum Gasteiger partial charge on any atom is 0.254 e. The fraction of sp³-hybridized carbons (Fsp3) is 0.500. The molecule has 0 atom stereocenters. The summed E-state index contributed by atoms with van der Waals surface area (Å²) in [5.41, 5.74) is 1.51. The third-order valence-corrected chi connectivity index (χ3v) is 3.71. The van der Waals surface area contributed by atoms with Gasteiger partial charge in [0.1, 0.15) is 0 Å². The zero-order valence-electron chi connectivity index (χ0n) is 11.1. The van der Waals surface area contributed by atoms with E-state index in [1.54, 1.807) is 6.07 Å². The van der Waals surface area contributed by atoms with Crippen molar-refractivity contribution in [3.8, 4) is 0 Å². The van der Waals surface area contributed by atoms with E-state index in [1.165, 1.54) is 0 Å². The highest BCUT2D eigenvalue weighted by molar-refractivity contribution is 6.31. The SMILES string of the molecule is Cc1ccc(Cl)cc1C(=O)N1CCNCC1(C)C. The van der Waals surface area contributed by atoms with Gasteiger partial charge in [0.15, 0.2) is 0 Å². The molecule has 1 amide bonds. The van der Waals surface area contributed by atoms with Gasteiger partial charge in [0.2, 0.25) is 0 Å². The largest absolute Gasteiger partial charge is 0.331 e. The Hall–Kier alpha value is -1.06. The van der Waals surface area contributed by atoms with Gasteiger partial charge in [-0.2, -0.15) is 0 Å². The van der Waals surface area contributed by atoms with Crippen molar-refractivity contribution in [3.05, 3.63) is 34.3 Å². The van der Waals surface area contributed by atoms with E-state index in [0.29, 0.717) is 10.6 Å². The van der Waals surface area contributed by atoms with Gasteiger partial charge in [0.05, 0.1) is 5.54 Å². The van der Waals surface area contributed by atoms with Gasteiger partial charge in [0, 0.05) is 30.2 Å². The van der Waals surface area contributed by atoms with Crippen LogP contribution in [0.4, 0.5) is 0 Å². The van der Waals surface area contributed by atoms with E-state index in [2.05, 4.69) is 19.2 Å². The highest BCUT2D eigenvalue weighted by Gasteiger charge is 2.34. The molecular formula is C14H19ClN2O.